The van der Waals surface area contributed by atoms with Crippen LogP contribution >= 0.6 is 11.3 Å². The van der Waals surface area contributed by atoms with E-state index in [2.05, 4.69) is 15.3 Å². The van der Waals surface area contributed by atoms with Gasteiger partial charge in [-0.2, -0.15) is 0 Å². The normalized spacial score (nSPS) is 12.1. The Labute approximate surface area is 214 Å². The number of benzene rings is 3. The Hall–Kier alpha value is -4.31. The molecule has 0 aliphatic carbocycles. The molecule has 0 fully saturated rings. The van der Waals surface area contributed by atoms with Crippen LogP contribution < -0.4 is 10.2 Å². The number of nitrogens with one attached hydrogen (secondary N) is 2. The molecular formula is C27H22F2N4O3S. The van der Waals surface area contributed by atoms with Crippen molar-refractivity contribution < 1.29 is 23.5 Å². The molecule has 0 bridgehead atoms. The van der Waals surface area contributed by atoms with Gasteiger partial charge in [0.25, 0.3) is 0 Å². The molecule has 0 saturated carbocycles. The third-order valence-corrected chi connectivity index (χ3v) is 6.94. The average molecular weight is 521 g/mol. The summed E-state index contributed by atoms with van der Waals surface area (Å²) < 4.78 is 28.7. The molecule has 5 aromatic rings. The molecular weight excluding hydrogens is 498 g/mol. The van der Waals surface area contributed by atoms with Crippen molar-refractivity contribution in [2.45, 2.75) is 18.9 Å². The number of fused-ring (bicyclic) bond motifs is 2. The van der Waals surface area contributed by atoms with Crippen LogP contribution in [0.5, 0.6) is 5.75 Å². The number of likely N-dealkylation sites (N-methyl/N-ethyl adjacent to an activating group) is 1. The van der Waals surface area contributed by atoms with Crippen LogP contribution in [-0.4, -0.2) is 40.0 Å². The lowest BCUT2D eigenvalue weighted by Crippen LogP contribution is -2.49. The molecule has 2 heterocycles. The standard InChI is InChI=1S/C27H22F2N4O3S/c1-33(19-2-5-25-23(11-19)31-14-37-25)27(36)24(8-15-6-17(28)10-18(29)7-15)32-26(35)9-16-13-30-22-4-3-20(34)12-21(16)22/h2-7,10-14,24,30,34H,8-9H2,1H3,(H,32,35)/t24-/m0/s1. The first-order valence-corrected chi connectivity index (χ1v) is 12.3. The summed E-state index contributed by atoms with van der Waals surface area (Å²) in [6, 6.07) is 12.1. The number of phenolic OH excluding ortho intramolecular Hbond substituents is 1. The van der Waals surface area contributed by atoms with E-state index in [1.54, 1.807) is 43.0 Å². The summed E-state index contributed by atoms with van der Waals surface area (Å²) >= 11 is 1.48. The molecule has 10 heteroatoms. The Morgan fingerprint density at radius 2 is 1.89 bits per heavy atom. The highest BCUT2D eigenvalue weighted by molar-refractivity contribution is 7.16. The Balaban J connectivity index is 1.41. The number of amides is 2. The molecule has 0 aliphatic rings. The number of anilines is 1. The van der Waals surface area contributed by atoms with Gasteiger partial charge in [-0.15, -0.1) is 11.3 Å². The lowest BCUT2D eigenvalue weighted by molar-refractivity contribution is -0.127. The number of aromatic nitrogens is 2. The minimum Gasteiger partial charge on any atom is -0.508 e. The molecule has 188 valence electrons. The van der Waals surface area contributed by atoms with Crippen molar-refractivity contribution in [3.8, 4) is 5.75 Å². The van der Waals surface area contributed by atoms with E-state index < -0.39 is 29.5 Å². The van der Waals surface area contributed by atoms with Crippen LogP contribution in [0.15, 0.2) is 66.3 Å². The number of rotatable bonds is 7. The van der Waals surface area contributed by atoms with Crippen LogP contribution in [0.4, 0.5) is 14.5 Å². The van der Waals surface area contributed by atoms with Crippen molar-refractivity contribution >= 4 is 50.0 Å². The maximum absolute atomic E-state index is 13.9. The summed E-state index contributed by atoms with van der Waals surface area (Å²) in [6.07, 6.45) is 1.48. The van der Waals surface area contributed by atoms with Gasteiger partial charge < -0.3 is 20.3 Å². The summed E-state index contributed by atoms with van der Waals surface area (Å²) in [7, 11) is 1.57. The van der Waals surface area contributed by atoms with Gasteiger partial charge in [-0.05, 0) is 59.7 Å². The molecule has 0 aliphatic heterocycles. The zero-order valence-corrected chi connectivity index (χ0v) is 20.5. The van der Waals surface area contributed by atoms with Gasteiger partial charge in [0, 0.05) is 42.3 Å². The van der Waals surface area contributed by atoms with Gasteiger partial charge in [0.05, 0.1) is 22.1 Å². The van der Waals surface area contributed by atoms with Gasteiger partial charge in [0.2, 0.25) is 11.8 Å². The summed E-state index contributed by atoms with van der Waals surface area (Å²) in [6.45, 7) is 0. The molecule has 3 N–H and O–H groups in total. The zero-order chi connectivity index (χ0) is 26.1. The SMILES string of the molecule is CN(C(=O)[C@H](Cc1cc(F)cc(F)c1)NC(=O)Cc1c[nH]c2ccc(O)cc12)c1ccc2scnc2c1. The fraction of sp³-hybridized carbons (Fsp3) is 0.148. The highest BCUT2D eigenvalue weighted by Crippen LogP contribution is 2.25. The van der Waals surface area contributed by atoms with E-state index >= 15 is 0 Å². The molecule has 5 rings (SSSR count). The van der Waals surface area contributed by atoms with Crippen molar-refractivity contribution in [2.75, 3.05) is 11.9 Å². The number of aromatic amines is 1. The minimum atomic E-state index is -1.09. The monoisotopic (exact) mass is 520 g/mol. The van der Waals surface area contributed by atoms with Gasteiger partial charge in [-0.25, -0.2) is 13.8 Å². The largest absolute Gasteiger partial charge is 0.508 e. The van der Waals surface area contributed by atoms with Crippen LogP contribution in [0.3, 0.4) is 0 Å². The number of H-pyrrole nitrogens is 1. The van der Waals surface area contributed by atoms with Crippen LogP contribution in [0, 0.1) is 11.6 Å². The number of aromatic hydroxyl groups is 1. The van der Waals surface area contributed by atoms with Crippen LogP contribution in [-0.2, 0) is 22.4 Å². The number of carbonyl (C=O) groups is 2. The summed E-state index contributed by atoms with van der Waals surface area (Å²) in [5.74, 6) is -2.39. The first kappa shape index (κ1) is 24.4. The van der Waals surface area contributed by atoms with E-state index in [0.29, 0.717) is 16.6 Å². The van der Waals surface area contributed by atoms with E-state index in [4.69, 9.17) is 0 Å². The molecule has 1 atom stereocenters. The smallest absolute Gasteiger partial charge is 0.249 e. The van der Waals surface area contributed by atoms with Gasteiger partial charge in [-0.3, -0.25) is 9.59 Å². The van der Waals surface area contributed by atoms with Crippen molar-refractivity contribution in [3.05, 3.63) is 89.1 Å². The van der Waals surface area contributed by atoms with Crippen molar-refractivity contribution in [3.63, 3.8) is 0 Å². The van der Waals surface area contributed by atoms with Gasteiger partial charge >= 0.3 is 0 Å². The fourth-order valence-electron chi connectivity index (χ4n) is 4.31. The molecule has 0 spiro atoms. The van der Waals surface area contributed by atoms with Gasteiger partial charge in [-0.1, -0.05) is 0 Å². The minimum absolute atomic E-state index is 0.0636. The maximum Gasteiger partial charge on any atom is 0.249 e. The number of hydrogen-bond acceptors (Lipinski definition) is 5. The van der Waals surface area contributed by atoms with Crippen molar-refractivity contribution in [2.24, 2.45) is 0 Å². The van der Waals surface area contributed by atoms with Crippen LogP contribution in [0.2, 0.25) is 0 Å². The van der Waals surface area contributed by atoms with Crippen molar-refractivity contribution in [1.29, 1.82) is 0 Å². The first-order valence-electron chi connectivity index (χ1n) is 11.4. The Morgan fingerprint density at radius 3 is 2.68 bits per heavy atom. The number of hydrogen-bond donors (Lipinski definition) is 3. The topological polar surface area (TPSA) is 98.3 Å². The quantitative estimate of drug-likeness (QED) is 0.290. The third-order valence-electron chi connectivity index (χ3n) is 6.13. The van der Waals surface area contributed by atoms with Crippen molar-refractivity contribution in [1.82, 2.24) is 15.3 Å². The molecule has 0 radical (unpaired) electrons. The zero-order valence-electron chi connectivity index (χ0n) is 19.7. The summed E-state index contributed by atoms with van der Waals surface area (Å²) in [5, 5.41) is 13.2. The molecule has 0 saturated heterocycles. The highest BCUT2D eigenvalue weighted by atomic mass is 32.1. The van der Waals surface area contributed by atoms with E-state index in [1.807, 2.05) is 6.07 Å². The lowest BCUT2D eigenvalue weighted by Gasteiger charge is -2.25. The van der Waals surface area contributed by atoms with E-state index in [-0.39, 0.29) is 24.2 Å². The van der Waals surface area contributed by atoms with E-state index in [0.717, 1.165) is 33.9 Å². The molecule has 2 amide bonds. The Kier molecular flexibility index (Phi) is 6.58. The summed E-state index contributed by atoms with van der Waals surface area (Å²) in [4.78, 5) is 35.3. The Bertz CT molecular complexity index is 1610. The highest BCUT2D eigenvalue weighted by Gasteiger charge is 2.26. The number of nitrogens with zero attached hydrogens (tertiary/aromatic N) is 2. The van der Waals surface area contributed by atoms with Gasteiger partial charge in [0.15, 0.2) is 0 Å². The molecule has 3 aromatic carbocycles. The fourth-order valence-corrected chi connectivity index (χ4v) is 4.97. The number of thiazole rings is 1. The number of halogens is 2. The lowest BCUT2D eigenvalue weighted by atomic mass is 10.0. The first-order chi connectivity index (χ1) is 17.8. The third kappa shape index (κ3) is 5.29. The average Bonchev–Trinajstić information content (AvgIpc) is 3.48. The molecule has 2 aromatic heterocycles. The Morgan fingerprint density at radius 1 is 1.11 bits per heavy atom. The predicted molar refractivity (Wildman–Crippen MR) is 139 cm³/mol. The van der Waals surface area contributed by atoms with E-state index in [1.165, 1.54) is 22.3 Å². The second kappa shape index (κ2) is 9.98. The van der Waals surface area contributed by atoms with Crippen LogP contribution in [0.25, 0.3) is 21.1 Å². The number of phenols is 1. The molecule has 37 heavy (non-hydrogen) atoms. The summed E-state index contributed by atoms with van der Waals surface area (Å²) in [5.41, 5.74) is 4.63. The predicted octanol–water partition coefficient (Wildman–Crippen LogP) is 4.69. The molecule has 7 nitrogen and oxygen atoms in total. The van der Waals surface area contributed by atoms with Crippen LogP contribution in [0.1, 0.15) is 11.1 Å². The maximum atomic E-state index is 13.9. The number of carbonyl (C=O) groups excluding carboxylic acids is 2. The van der Waals surface area contributed by atoms with E-state index in [9.17, 15) is 23.5 Å². The second-order valence-electron chi connectivity index (χ2n) is 8.72. The van der Waals surface area contributed by atoms with Gasteiger partial charge in [0.1, 0.15) is 23.4 Å². The molecule has 0 unspecified atom stereocenters. The second-order valence-corrected chi connectivity index (χ2v) is 9.61.